The van der Waals surface area contributed by atoms with Gasteiger partial charge in [-0.25, -0.2) is 0 Å². The van der Waals surface area contributed by atoms with E-state index >= 15 is 0 Å². The molecular weight excluding hydrogens is 154 g/mol. The Morgan fingerprint density at radius 3 is 2.58 bits per heavy atom. The molecule has 1 rings (SSSR count). The summed E-state index contributed by atoms with van der Waals surface area (Å²) < 4.78 is 10.2. The van der Waals surface area contributed by atoms with Crippen molar-refractivity contribution < 1.29 is 9.47 Å². The van der Waals surface area contributed by atoms with Gasteiger partial charge < -0.3 is 9.47 Å². The van der Waals surface area contributed by atoms with E-state index < -0.39 is 0 Å². The second-order valence-corrected chi connectivity index (χ2v) is 3.29. The first-order valence-corrected chi connectivity index (χ1v) is 4.31. The molecule has 12 heavy (non-hydrogen) atoms. The van der Waals surface area contributed by atoms with Crippen LogP contribution in [-0.2, 0) is 9.47 Å². The highest BCUT2D eigenvalue weighted by Gasteiger charge is 2.37. The van der Waals surface area contributed by atoms with E-state index in [4.69, 9.17) is 14.7 Å². The van der Waals surface area contributed by atoms with Gasteiger partial charge in [0.1, 0.15) is 0 Å². The number of nitriles is 1. The van der Waals surface area contributed by atoms with Crippen LogP contribution in [0.5, 0.6) is 0 Å². The molecule has 0 bridgehead atoms. The van der Waals surface area contributed by atoms with Crippen molar-refractivity contribution in [1.82, 2.24) is 0 Å². The second-order valence-electron chi connectivity index (χ2n) is 3.29. The van der Waals surface area contributed by atoms with Gasteiger partial charge in [0, 0.05) is 7.11 Å². The maximum Gasteiger partial charge on any atom is 0.0807 e. The summed E-state index contributed by atoms with van der Waals surface area (Å²) in [6, 6.07) is 2.33. The van der Waals surface area contributed by atoms with Crippen molar-refractivity contribution in [3.8, 4) is 6.07 Å². The molecule has 0 radical (unpaired) electrons. The molecule has 0 unspecified atom stereocenters. The highest BCUT2D eigenvalue weighted by Crippen LogP contribution is 2.40. The largest absolute Gasteiger partial charge is 0.382 e. The van der Waals surface area contributed by atoms with Crippen LogP contribution in [-0.4, -0.2) is 26.9 Å². The van der Waals surface area contributed by atoms with E-state index in [9.17, 15) is 0 Å². The monoisotopic (exact) mass is 169 g/mol. The average Bonchev–Trinajstić information content (AvgIpc) is 2.02. The Labute approximate surface area is 73.3 Å². The van der Waals surface area contributed by atoms with E-state index in [1.54, 1.807) is 7.11 Å². The number of hydrogen-bond acceptors (Lipinski definition) is 3. The third-order valence-corrected chi connectivity index (χ3v) is 2.36. The van der Waals surface area contributed by atoms with E-state index in [0.29, 0.717) is 19.8 Å². The molecule has 0 N–H and O–H groups in total. The van der Waals surface area contributed by atoms with Gasteiger partial charge in [0.05, 0.1) is 31.3 Å². The predicted molar refractivity (Wildman–Crippen MR) is 44.6 cm³/mol. The lowest BCUT2D eigenvalue weighted by Gasteiger charge is -2.34. The molecule has 1 saturated carbocycles. The summed E-state index contributed by atoms with van der Waals surface area (Å²) in [5, 5.41) is 8.83. The van der Waals surface area contributed by atoms with Gasteiger partial charge in [-0.05, 0) is 12.8 Å². The van der Waals surface area contributed by atoms with Crippen LogP contribution < -0.4 is 0 Å². The zero-order chi connectivity index (χ0) is 8.86. The van der Waals surface area contributed by atoms with Crippen LogP contribution in [0.25, 0.3) is 0 Å². The zero-order valence-corrected chi connectivity index (χ0v) is 7.51. The lowest BCUT2D eigenvalue weighted by molar-refractivity contribution is 0.00691. The normalized spacial score (nSPS) is 19.7. The summed E-state index contributed by atoms with van der Waals surface area (Å²) in [6.07, 6.45) is 3.16. The molecule has 1 aliphatic carbocycles. The van der Waals surface area contributed by atoms with Gasteiger partial charge >= 0.3 is 0 Å². The zero-order valence-electron chi connectivity index (χ0n) is 7.51. The molecule has 3 nitrogen and oxygen atoms in total. The Bertz CT molecular complexity index is 170. The quantitative estimate of drug-likeness (QED) is 0.583. The third kappa shape index (κ3) is 2.20. The van der Waals surface area contributed by atoms with Crippen LogP contribution in [0.15, 0.2) is 0 Å². The fourth-order valence-corrected chi connectivity index (χ4v) is 1.30. The van der Waals surface area contributed by atoms with Gasteiger partial charge in [-0.3, -0.25) is 0 Å². The van der Waals surface area contributed by atoms with Gasteiger partial charge in [0.15, 0.2) is 0 Å². The van der Waals surface area contributed by atoms with Gasteiger partial charge in [-0.15, -0.1) is 0 Å². The van der Waals surface area contributed by atoms with Crippen molar-refractivity contribution in [2.45, 2.75) is 19.3 Å². The van der Waals surface area contributed by atoms with Crippen LogP contribution in [0, 0.1) is 16.7 Å². The van der Waals surface area contributed by atoms with Crippen LogP contribution in [0.1, 0.15) is 19.3 Å². The highest BCUT2D eigenvalue weighted by molar-refractivity contribution is 5.04. The summed E-state index contributed by atoms with van der Waals surface area (Å²) in [5.74, 6) is 0. The second kappa shape index (κ2) is 4.44. The van der Waals surface area contributed by atoms with Crippen molar-refractivity contribution in [2.75, 3.05) is 26.9 Å². The number of methoxy groups -OCH3 is 1. The number of hydrogen-bond donors (Lipinski definition) is 0. The van der Waals surface area contributed by atoms with Crippen LogP contribution >= 0.6 is 0 Å². The van der Waals surface area contributed by atoms with Crippen LogP contribution in [0.3, 0.4) is 0 Å². The van der Waals surface area contributed by atoms with Gasteiger partial charge in [-0.2, -0.15) is 5.26 Å². The minimum atomic E-state index is -0.159. The van der Waals surface area contributed by atoms with Crippen molar-refractivity contribution in [2.24, 2.45) is 5.41 Å². The molecule has 0 spiro atoms. The molecule has 0 aromatic rings. The smallest absolute Gasteiger partial charge is 0.0807 e. The molecule has 1 aliphatic rings. The molecule has 68 valence electrons. The molecule has 0 saturated heterocycles. The SMILES string of the molecule is COCCOCC1(C#N)CCC1. The summed E-state index contributed by atoms with van der Waals surface area (Å²) in [5.41, 5.74) is -0.159. The highest BCUT2D eigenvalue weighted by atomic mass is 16.5. The van der Waals surface area contributed by atoms with Gasteiger partial charge in [0.2, 0.25) is 0 Å². The van der Waals surface area contributed by atoms with Crippen molar-refractivity contribution in [3.05, 3.63) is 0 Å². The molecule has 1 fully saturated rings. The molecule has 3 heteroatoms. The Morgan fingerprint density at radius 1 is 1.42 bits per heavy atom. The summed E-state index contributed by atoms with van der Waals surface area (Å²) in [4.78, 5) is 0. The Kier molecular flexibility index (Phi) is 3.51. The first kappa shape index (κ1) is 9.50. The first-order valence-electron chi connectivity index (χ1n) is 4.31. The lowest BCUT2D eigenvalue weighted by atomic mass is 9.71. The molecular formula is C9H15NO2. The average molecular weight is 169 g/mol. The fourth-order valence-electron chi connectivity index (χ4n) is 1.30. The molecule has 0 heterocycles. The van der Waals surface area contributed by atoms with E-state index in [-0.39, 0.29) is 5.41 Å². The molecule has 0 atom stereocenters. The van der Waals surface area contributed by atoms with Gasteiger partial charge in [-0.1, -0.05) is 6.42 Å². The third-order valence-electron chi connectivity index (χ3n) is 2.36. The van der Waals surface area contributed by atoms with Crippen molar-refractivity contribution in [1.29, 1.82) is 5.26 Å². The fraction of sp³-hybridized carbons (Fsp3) is 0.889. The first-order chi connectivity index (χ1) is 5.83. The molecule has 0 amide bonds. The minimum absolute atomic E-state index is 0.159. The summed E-state index contributed by atoms with van der Waals surface area (Å²) in [7, 11) is 1.65. The van der Waals surface area contributed by atoms with E-state index in [1.807, 2.05) is 0 Å². The van der Waals surface area contributed by atoms with Crippen molar-refractivity contribution in [3.63, 3.8) is 0 Å². The van der Waals surface area contributed by atoms with E-state index in [1.165, 1.54) is 6.42 Å². The number of rotatable bonds is 5. The van der Waals surface area contributed by atoms with E-state index in [2.05, 4.69) is 6.07 Å². The summed E-state index contributed by atoms with van der Waals surface area (Å²) >= 11 is 0. The number of ether oxygens (including phenoxy) is 2. The summed E-state index contributed by atoms with van der Waals surface area (Å²) in [6.45, 7) is 1.79. The van der Waals surface area contributed by atoms with E-state index in [0.717, 1.165) is 12.8 Å². The van der Waals surface area contributed by atoms with Crippen molar-refractivity contribution >= 4 is 0 Å². The van der Waals surface area contributed by atoms with Crippen LogP contribution in [0.4, 0.5) is 0 Å². The number of nitrogens with zero attached hydrogens (tertiary/aromatic N) is 1. The lowest BCUT2D eigenvalue weighted by Crippen LogP contribution is -2.33. The molecule has 0 aromatic heterocycles. The maximum atomic E-state index is 8.83. The predicted octanol–water partition coefficient (Wildman–Crippen LogP) is 1.34. The standard InChI is InChI=1S/C9H15NO2/c1-11-5-6-12-8-9(7-10)3-2-4-9/h2-6,8H2,1H3. The maximum absolute atomic E-state index is 8.83. The minimum Gasteiger partial charge on any atom is -0.382 e. The Balaban J connectivity index is 2.09. The topological polar surface area (TPSA) is 42.2 Å². The Morgan fingerprint density at radius 2 is 2.17 bits per heavy atom. The molecule has 0 aromatic carbocycles. The Hall–Kier alpha value is -0.590. The van der Waals surface area contributed by atoms with Gasteiger partial charge in [0.25, 0.3) is 0 Å². The molecule has 0 aliphatic heterocycles. The van der Waals surface area contributed by atoms with Crippen LogP contribution in [0.2, 0.25) is 0 Å².